The van der Waals surface area contributed by atoms with Gasteiger partial charge in [0.25, 0.3) is 0 Å². The van der Waals surface area contributed by atoms with Crippen LogP contribution in [-0.2, 0) is 12.8 Å². The van der Waals surface area contributed by atoms with Crippen molar-refractivity contribution in [3.8, 4) is 5.75 Å². The van der Waals surface area contributed by atoms with E-state index < -0.39 is 5.60 Å². The minimum absolute atomic E-state index is 0.221. The van der Waals surface area contributed by atoms with Crippen molar-refractivity contribution >= 4 is 15.9 Å². The Morgan fingerprint density at radius 3 is 2.82 bits per heavy atom. The van der Waals surface area contributed by atoms with E-state index in [1.165, 1.54) is 5.56 Å². The van der Waals surface area contributed by atoms with Crippen LogP contribution in [0.5, 0.6) is 5.75 Å². The highest BCUT2D eigenvalue weighted by Crippen LogP contribution is 2.36. The molecular weight excluding hydrogens is 280 g/mol. The predicted octanol–water partition coefficient (Wildman–Crippen LogP) is 3.33. The monoisotopic (exact) mass is 298 g/mol. The van der Waals surface area contributed by atoms with Gasteiger partial charge in [-0.1, -0.05) is 29.8 Å². The van der Waals surface area contributed by atoms with Gasteiger partial charge in [0.1, 0.15) is 5.75 Å². The minimum atomic E-state index is -0.694. The lowest BCUT2D eigenvalue weighted by molar-refractivity contribution is 0.0134. The molecule has 3 heteroatoms. The molecule has 2 rings (SSSR count). The Morgan fingerprint density at radius 1 is 1.47 bits per heavy atom. The standard InChI is InChI=1S/C14H19BrO2/c1-9(2)14(3,16)8-11-7-12(15)6-10-4-5-17-13(10)11/h6-7,9,16H,4-5,8H2,1-3H3. The molecule has 0 aliphatic carbocycles. The third-order valence-corrected chi connectivity index (χ3v) is 4.08. The first-order valence-corrected chi connectivity index (χ1v) is 6.86. The van der Waals surface area contributed by atoms with Gasteiger partial charge in [-0.2, -0.15) is 0 Å². The number of benzene rings is 1. The van der Waals surface area contributed by atoms with Crippen molar-refractivity contribution in [1.29, 1.82) is 0 Å². The maximum absolute atomic E-state index is 10.4. The molecule has 1 atom stereocenters. The van der Waals surface area contributed by atoms with Gasteiger partial charge in [0.15, 0.2) is 0 Å². The molecule has 0 amide bonds. The molecule has 1 aromatic rings. The Balaban J connectivity index is 2.33. The van der Waals surface area contributed by atoms with E-state index in [-0.39, 0.29) is 5.92 Å². The molecule has 1 aliphatic rings. The Kier molecular flexibility index (Phi) is 3.50. The molecule has 0 saturated carbocycles. The van der Waals surface area contributed by atoms with Crippen LogP contribution in [0.2, 0.25) is 0 Å². The normalized spacial score (nSPS) is 17.8. The molecule has 1 unspecified atom stereocenters. The van der Waals surface area contributed by atoms with Crippen LogP contribution in [0.15, 0.2) is 16.6 Å². The van der Waals surface area contributed by atoms with Gasteiger partial charge in [-0.05, 0) is 36.1 Å². The molecule has 1 aliphatic heterocycles. The van der Waals surface area contributed by atoms with Crippen LogP contribution >= 0.6 is 15.9 Å². The maximum atomic E-state index is 10.4. The predicted molar refractivity (Wildman–Crippen MR) is 72.5 cm³/mol. The molecule has 0 spiro atoms. The number of halogens is 1. The first-order chi connectivity index (χ1) is 7.90. The summed E-state index contributed by atoms with van der Waals surface area (Å²) in [6, 6.07) is 4.16. The third kappa shape index (κ3) is 2.66. The molecule has 0 aromatic heterocycles. The van der Waals surface area contributed by atoms with Gasteiger partial charge in [0, 0.05) is 17.3 Å². The Hall–Kier alpha value is -0.540. The summed E-state index contributed by atoms with van der Waals surface area (Å²) in [6.07, 6.45) is 1.60. The zero-order valence-electron chi connectivity index (χ0n) is 10.6. The number of aliphatic hydroxyl groups is 1. The van der Waals surface area contributed by atoms with Crippen molar-refractivity contribution in [3.05, 3.63) is 27.7 Å². The van der Waals surface area contributed by atoms with Crippen LogP contribution in [0.25, 0.3) is 0 Å². The summed E-state index contributed by atoms with van der Waals surface area (Å²) < 4.78 is 6.74. The smallest absolute Gasteiger partial charge is 0.125 e. The van der Waals surface area contributed by atoms with Gasteiger partial charge < -0.3 is 9.84 Å². The van der Waals surface area contributed by atoms with Crippen molar-refractivity contribution in [3.63, 3.8) is 0 Å². The topological polar surface area (TPSA) is 29.5 Å². The Bertz CT molecular complexity index is 424. The molecule has 1 N–H and O–H groups in total. The number of ether oxygens (including phenoxy) is 1. The fourth-order valence-electron chi connectivity index (χ4n) is 2.07. The van der Waals surface area contributed by atoms with E-state index >= 15 is 0 Å². The summed E-state index contributed by atoms with van der Waals surface area (Å²) in [6.45, 7) is 6.72. The van der Waals surface area contributed by atoms with Crippen molar-refractivity contribution in [1.82, 2.24) is 0 Å². The largest absolute Gasteiger partial charge is 0.493 e. The molecule has 0 radical (unpaired) electrons. The number of hydrogen-bond acceptors (Lipinski definition) is 2. The highest BCUT2D eigenvalue weighted by molar-refractivity contribution is 9.10. The molecule has 2 nitrogen and oxygen atoms in total. The zero-order chi connectivity index (χ0) is 12.6. The second kappa shape index (κ2) is 4.62. The van der Waals surface area contributed by atoms with Crippen molar-refractivity contribution in [2.45, 2.75) is 39.2 Å². The molecule has 0 bridgehead atoms. The molecule has 17 heavy (non-hydrogen) atoms. The van der Waals surface area contributed by atoms with Crippen LogP contribution in [0.1, 0.15) is 31.9 Å². The summed E-state index contributed by atoms with van der Waals surface area (Å²) in [5.41, 5.74) is 1.65. The van der Waals surface area contributed by atoms with Gasteiger partial charge in [-0.3, -0.25) is 0 Å². The second-order valence-electron chi connectivity index (χ2n) is 5.34. The maximum Gasteiger partial charge on any atom is 0.125 e. The number of fused-ring (bicyclic) bond motifs is 1. The minimum Gasteiger partial charge on any atom is -0.493 e. The van der Waals surface area contributed by atoms with Crippen LogP contribution in [0.3, 0.4) is 0 Å². The Morgan fingerprint density at radius 2 is 2.18 bits per heavy atom. The van der Waals surface area contributed by atoms with E-state index in [0.29, 0.717) is 6.42 Å². The lowest BCUT2D eigenvalue weighted by atomic mass is 9.85. The summed E-state index contributed by atoms with van der Waals surface area (Å²) in [5.74, 6) is 1.20. The fourth-order valence-corrected chi connectivity index (χ4v) is 2.62. The summed E-state index contributed by atoms with van der Waals surface area (Å²) >= 11 is 3.52. The first-order valence-electron chi connectivity index (χ1n) is 6.06. The molecule has 94 valence electrons. The first kappa shape index (κ1) is 12.9. The number of rotatable bonds is 3. The average Bonchev–Trinajstić information content (AvgIpc) is 2.64. The summed E-state index contributed by atoms with van der Waals surface area (Å²) in [4.78, 5) is 0. The van der Waals surface area contributed by atoms with E-state index in [1.54, 1.807) is 0 Å². The molecule has 1 aromatic carbocycles. The lowest BCUT2D eigenvalue weighted by Crippen LogP contribution is -2.33. The van der Waals surface area contributed by atoms with Crippen LogP contribution in [0.4, 0.5) is 0 Å². The van der Waals surface area contributed by atoms with Crippen molar-refractivity contribution in [2.75, 3.05) is 6.61 Å². The zero-order valence-corrected chi connectivity index (χ0v) is 12.2. The molecular formula is C14H19BrO2. The van der Waals surface area contributed by atoms with Gasteiger partial charge in [0.05, 0.1) is 12.2 Å². The van der Waals surface area contributed by atoms with Gasteiger partial charge in [0.2, 0.25) is 0 Å². The highest BCUT2D eigenvalue weighted by Gasteiger charge is 2.28. The molecule has 0 fully saturated rings. The van der Waals surface area contributed by atoms with Gasteiger partial charge >= 0.3 is 0 Å². The van der Waals surface area contributed by atoms with Crippen LogP contribution in [-0.4, -0.2) is 17.3 Å². The highest BCUT2D eigenvalue weighted by atomic mass is 79.9. The third-order valence-electron chi connectivity index (χ3n) is 3.62. The van der Waals surface area contributed by atoms with E-state index in [9.17, 15) is 5.11 Å². The van der Waals surface area contributed by atoms with Crippen LogP contribution in [0, 0.1) is 5.92 Å². The SMILES string of the molecule is CC(C)C(C)(O)Cc1cc(Br)cc2c1OCC2. The lowest BCUT2D eigenvalue weighted by Gasteiger charge is -2.28. The molecule has 1 heterocycles. The summed E-state index contributed by atoms with van der Waals surface area (Å²) in [7, 11) is 0. The summed E-state index contributed by atoms with van der Waals surface area (Å²) in [5, 5.41) is 10.4. The fraction of sp³-hybridized carbons (Fsp3) is 0.571. The number of hydrogen-bond donors (Lipinski definition) is 1. The average molecular weight is 299 g/mol. The second-order valence-corrected chi connectivity index (χ2v) is 6.26. The van der Waals surface area contributed by atoms with E-state index in [1.807, 2.05) is 20.8 Å². The molecule has 0 saturated heterocycles. The van der Waals surface area contributed by atoms with Gasteiger partial charge in [-0.25, -0.2) is 0 Å². The van der Waals surface area contributed by atoms with Gasteiger partial charge in [-0.15, -0.1) is 0 Å². The van der Waals surface area contributed by atoms with E-state index in [2.05, 4.69) is 28.1 Å². The Labute approximate surface area is 111 Å². The van der Waals surface area contributed by atoms with E-state index in [4.69, 9.17) is 4.74 Å². The van der Waals surface area contributed by atoms with Crippen molar-refractivity contribution in [2.24, 2.45) is 5.92 Å². The van der Waals surface area contributed by atoms with Crippen molar-refractivity contribution < 1.29 is 9.84 Å². The van der Waals surface area contributed by atoms with E-state index in [0.717, 1.165) is 28.8 Å². The quantitative estimate of drug-likeness (QED) is 0.927. The van der Waals surface area contributed by atoms with Crippen LogP contribution < -0.4 is 4.74 Å².